The van der Waals surface area contributed by atoms with E-state index in [1.165, 1.54) is 4.90 Å². The Bertz CT molecular complexity index is 322. The molecule has 3 N–H and O–H groups in total. The van der Waals surface area contributed by atoms with Crippen LogP contribution in [-0.4, -0.2) is 45.1 Å². The molecule has 18 heavy (non-hydrogen) atoms. The molecule has 0 spiro atoms. The van der Waals surface area contributed by atoms with Crippen LogP contribution in [0.5, 0.6) is 0 Å². The minimum absolute atomic E-state index is 0.0531. The summed E-state index contributed by atoms with van der Waals surface area (Å²) in [5.74, 6) is -0.365. The van der Waals surface area contributed by atoms with E-state index in [4.69, 9.17) is 5.73 Å². The van der Waals surface area contributed by atoms with Crippen LogP contribution in [0.1, 0.15) is 33.6 Å². The van der Waals surface area contributed by atoms with Gasteiger partial charge in [0, 0.05) is 18.2 Å². The SMILES string of the molecule is CCC(N)CC(=O)N1C(C(=O)O)CSC1C(C)C. The van der Waals surface area contributed by atoms with Gasteiger partial charge in [-0.3, -0.25) is 4.79 Å². The van der Waals surface area contributed by atoms with Crippen LogP contribution in [0, 0.1) is 5.92 Å². The first kappa shape index (κ1) is 15.3. The molecule has 1 rings (SSSR count). The number of carbonyl (C=O) groups is 2. The molecule has 0 aromatic rings. The molecule has 3 unspecified atom stereocenters. The van der Waals surface area contributed by atoms with Gasteiger partial charge >= 0.3 is 5.97 Å². The molecule has 0 aromatic carbocycles. The molecule has 1 heterocycles. The normalized spacial score (nSPS) is 25.5. The fourth-order valence-electron chi connectivity index (χ4n) is 2.02. The molecule has 0 radical (unpaired) electrons. The summed E-state index contributed by atoms with van der Waals surface area (Å²) in [6, 6.07) is -0.899. The van der Waals surface area contributed by atoms with Crippen LogP contribution in [0.25, 0.3) is 0 Å². The highest BCUT2D eigenvalue weighted by molar-refractivity contribution is 8.00. The third kappa shape index (κ3) is 3.38. The van der Waals surface area contributed by atoms with Gasteiger partial charge in [-0.15, -0.1) is 11.8 Å². The predicted octanol–water partition coefficient (Wildman–Crippen LogP) is 1.12. The smallest absolute Gasteiger partial charge is 0.327 e. The number of nitrogens with zero attached hydrogens (tertiary/aromatic N) is 1. The molecule has 0 bridgehead atoms. The second-order valence-electron chi connectivity index (χ2n) is 5.00. The average Bonchev–Trinajstić information content (AvgIpc) is 2.73. The lowest BCUT2D eigenvalue weighted by Gasteiger charge is -2.30. The lowest BCUT2D eigenvalue weighted by Crippen LogP contribution is -2.48. The number of rotatable bonds is 5. The van der Waals surface area contributed by atoms with E-state index in [1.54, 1.807) is 11.8 Å². The van der Waals surface area contributed by atoms with E-state index in [1.807, 2.05) is 20.8 Å². The van der Waals surface area contributed by atoms with Crippen molar-refractivity contribution in [3.8, 4) is 0 Å². The van der Waals surface area contributed by atoms with E-state index in [9.17, 15) is 14.7 Å². The molecule has 6 heteroatoms. The number of carbonyl (C=O) groups excluding carboxylic acids is 1. The van der Waals surface area contributed by atoms with Crippen molar-refractivity contribution in [1.82, 2.24) is 4.90 Å². The molecular formula is C12H22N2O3S. The molecule has 1 fully saturated rings. The van der Waals surface area contributed by atoms with Crippen molar-refractivity contribution >= 4 is 23.6 Å². The first-order chi connectivity index (χ1) is 8.38. The lowest BCUT2D eigenvalue weighted by molar-refractivity contribution is -0.149. The Morgan fingerprint density at radius 1 is 1.50 bits per heavy atom. The molecule has 1 aliphatic heterocycles. The van der Waals surface area contributed by atoms with Crippen LogP contribution >= 0.6 is 11.8 Å². The van der Waals surface area contributed by atoms with Gasteiger partial charge in [0.05, 0.1) is 5.37 Å². The van der Waals surface area contributed by atoms with E-state index in [0.717, 1.165) is 6.42 Å². The number of amides is 1. The van der Waals surface area contributed by atoms with Crippen LogP contribution in [-0.2, 0) is 9.59 Å². The maximum absolute atomic E-state index is 12.2. The number of thioether (sulfide) groups is 1. The largest absolute Gasteiger partial charge is 0.480 e. The van der Waals surface area contributed by atoms with Gasteiger partial charge in [0.15, 0.2) is 0 Å². The Labute approximate surface area is 112 Å². The van der Waals surface area contributed by atoms with Crippen molar-refractivity contribution in [2.75, 3.05) is 5.75 Å². The number of nitrogens with two attached hydrogens (primary N) is 1. The average molecular weight is 274 g/mol. The molecular weight excluding hydrogens is 252 g/mol. The number of carboxylic acid groups (broad SMARTS) is 1. The topological polar surface area (TPSA) is 83.6 Å². The standard InChI is InChI=1S/C12H22N2O3S/c1-4-8(13)5-10(15)14-9(12(16)17)6-18-11(14)7(2)3/h7-9,11H,4-6,13H2,1-3H3,(H,16,17). The fourth-order valence-corrected chi connectivity index (χ4v) is 3.51. The van der Waals surface area contributed by atoms with Crippen molar-refractivity contribution in [2.45, 2.75) is 51.1 Å². The minimum atomic E-state index is -0.927. The van der Waals surface area contributed by atoms with E-state index < -0.39 is 12.0 Å². The molecule has 104 valence electrons. The molecule has 0 aliphatic carbocycles. The van der Waals surface area contributed by atoms with Crippen LogP contribution in [0.15, 0.2) is 0 Å². The van der Waals surface area contributed by atoms with Gasteiger partial charge in [-0.05, 0) is 12.3 Å². The summed E-state index contributed by atoms with van der Waals surface area (Å²) in [4.78, 5) is 24.9. The Kier molecular flexibility index (Phi) is 5.47. The van der Waals surface area contributed by atoms with Crippen LogP contribution in [0.3, 0.4) is 0 Å². The Balaban J connectivity index is 2.82. The first-order valence-electron chi connectivity index (χ1n) is 6.29. The summed E-state index contributed by atoms with van der Waals surface area (Å²) in [6.45, 7) is 5.93. The van der Waals surface area contributed by atoms with Crippen molar-refractivity contribution < 1.29 is 14.7 Å². The molecule has 0 aromatic heterocycles. The highest BCUT2D eigenvalue weighted by Gasteiger charge is 2.42. The van der Waals surface area contributed by atoms with Crippen molar-refractivity contribution in [3.05, 3.63) is 0 Å². The third-order valence-electron chi connectivity index (χ3n) is 3.14. The monoisotopic (exact) mass is 274 g/mol. The summed E-state index contributed by atoms with van der Waals surface area (Å²) in [5.41, 5.74) is 5.78. The molecule has 1 saturated heterocycles. The van der Waals surface area contributed by atoms with E-state index in [2.05, 4.69) is 0 Å². The molecule has 5 nitrogen and oxygen atoms in total. The molecule has 0 saturated carbocycles. The zero-order valence-corrected chi connectivity index (χ0v) is 11.9. The Morgan fingerprint density at radius 3 is 2.56 bits per heavy atom. The quantitative estimate of drug-likeness (QED) is 0.785. The zero-order valence-electron chi connectivity index (χ0n) is 11.1. The number of carboxylic acids is 1. The summed E-state index contributed by atoms with van der Waals surface area (Å²) in [6.07, 6.45) is 0.945. The molecule has 1 amide bonds. The lowest BCUT2D eigenvalue weighted by atomic mass is 10.1. The summed E-state index contributed by atoms with van der Waals surface area (Å²) >= 11 is 1.54. The predicted molar refractivity (Wildman–Crippen MR) is 72.2 cm³/mol. The third-order valence-corrected chi connectivity index (χ3v) is 4.76. The number of hydrogen-bond acceptors (Lipinski definition) is 4. The van der Waals surface area contributed by atoms with Gasteiger partial charge in [0.1, 0.15) is 6.04 Å². The second kappa shape index (κ2) is 6.43. The van der Waals surface area contributed by atoms with E-state index >= 15 is 0 Å². The fraction of sp³-hybridized carbons (Fsp3) is 0.833. The Morgan fingerprint density at radius 2 is 2.11 bits per heavy atom. The van der Waals surface area contributed by atoms with Gasteiger partial charge < -0.3 is 15.7 Å². The van der Waals surface area contributed by atoms with E-state index in [-0.39, 0.29) is 29.7 Å². The second-order valence-corrected chi connectivity index (χ2v) is 6.15. The zero-order chi connectivity index (χ0) is 13.9. The van der Waals surface area contributed by atoms with Gasteiger partial charge in [-0.25, -0.2) is 4.79 Å². The molecule has 1 aliphatic rings. The number of hydrogen-bond donors (Lipinski definition) is 2. The summed E-state index contributed by atoms with van der Waals surface area (Å²) < 4.78 is 0. The minimum Gasteiger partial charge on any atom is -0.480 e. The first-order valence-corrected chi connectivity index (χ1v) is 7.34. The maximum Gasteiger partial charge on any atom is 0.327 e. The highest BCUT2D eigenvalue weighted by Crippen LogP contribution is 2.34. The van der Waals surface area contributed by atoms with Gasteiger partial charge in [-0.1, -0.05) is 20.8 Å². The summed E-state index contributed by atoms with van der Waals surface area (Å²) in [7, 11) is 0. The van der Waals surface area contributed by atoms with Gasteiger partial charge in [0.2, 0.25) is 5.91 Å². The molecule has 3 atom stereocenters. The highest BCUT2D eigenvalue weighted by atomic mass is 32.2. The van der Waals surface area contributed by atoms with Gasteiger partial charge in [-0.2, -0.15) is 0 Å². The number of aliphatic carboxylic acids is 1. The summed E-state index contributed by atoms with van der Waals surface area (Å²) in [5, 5.41) is 9.13. The van der Waals surface area contributed by atoms with E-state index in [0.29, 0.717) is 5.75 Å². The van der Waals surface area contributed by atoms with Crippen LogP contribution < -0.4 is 5.73 Å². The Hall–Kier alpha value is -0.750. The van der Waals surface area contributed by atoms with Crippen molar-refractivity contribution in [3.63, 3.8) is 0 Å². The van der Waals surface area contributed by atoms with Crippen molar-refractivity contribution in [2.24, 2.45) is 11.7 Å². The van der Waals surface area contributed by atoms with Crippen molar-refractivity contribution in [1.29, 1.82) is 0 Å². The van der Waals surface area contributed by atoms with Crippen LogP contribution in [0.2, 0.25) is 0 Å². The maximum atomic E-state index is 12.2. The van der Waals surface area contributed by atoms with Crippen LogP contribution in [0.4, 0.5) is 0 Å². The van der Waals surface area contributed by atoms with Gasteiger partial charge in [0.25, 0.3) is 0 Å².